The summed E-state index contributed by atoms with van der Waals surface area (Å²) in [5.74, 6) is 1.39. The number of hydrogen-bond acceptors (Lipinski definition) is 5. The topological polar surface area (TPSA) is 77.2 Å². The van der Waals surface area contributed by atoms with Crippen LogP contribution in [0.25, 0.3) is 11.4 Å². The van der Waals surface area contributed by atoms with Crippen molar-refractivity contribution in [3.63, 3.8) is 0 Å². The van der Waals surface area contributed by atoms with Crippen LogP contribution in [0.3, 0.4) is 0 Å². The Labute approximate surface area is 145 Å². The third kappa shape index (κ3) is 4.44. The lowest BCUT2D eigenvalue weighted by molar-refractivity contribution is 0.0943. The third-order valence-electron chi connectivity index (χ3n) is 3.38. The molecule has 0 unspecified atom stereocenters. The number of ether oxygens (including phenoxy) is 1. The van der Waals surface area contributed by atoms with E-state index < -0.39 is 0 Å². The predicted octanol–water partition coefficient (Wildman–Crippen LogP) is 3.45. The normalized spacial score (nSPS) is 10.7. The van der Waals surface area contributed by atoms with Gasteiger partial charge >= 0.3 is 0 Å². The van der Waals surface area contributed by atoms with E-state index in [1.165, 1.54) is 0 Å². The Morgan fingerprint density at radius 2 is 1.96 bits per heavy atom. The molecule has 3 rings (SSSR count). The molecule has 0 aliphatic carbocycles. The van der Waals surface area contributed by atoms with Crippen LogP contribution in [0.1, 0.15) is 30.1 Å². The highest BCUT2D eigenvalue weighted by Gasteiger charge is 2.12. The van der Waals surface area contributed by atoms with E-state index in [-0.39, 0.29) is 18.6 Å². The van der Waals surface area contributed by atoms with Crippen molar-refractivity contribution >= 4 is 5.91 Å². The average molecular weight is 337 g/mol. The van der Waals surface area contributed by atoms with Gasteiger partial charge in [0.05, 0.1) is 0 Å². The number of aromatic nitrogens is 2. The minimum atomic E-state index is -0.132. The van der Waals surface area contributed by atoms with E-state index >= 15 is 0 Å². The summed E-state index contributed by atoms with van der Waals surface area (Å²) in [6.45, 7) is 4.02. The van der Waals surface area contributed by atoms with Crippen molar-refractivity contribution < 1.29 is 14.1 Å². The Hall–Kier alpha value is -3.15. The lowest BCUT2D eigenvalue weighted by Gasteiger charge is -2.08. The van der Waals surface area contributed by atoms with Gasteiger partial charge in [-0.05, 0) is 38.1 Å². The number of hydrogen-bond donors (Lipinski definition) is 1. The Morgan fingerprint density at radius 3 is 2.72 bits per heavy atom. The van der Waals surface area contributed by atoms with E-state index in [1.807, 2.05) is 50.2 Å². The first-order chi connectivity index (χ1) is 12.1. The number of para-hydroxylation sites is 1. The largest absolute Gasteiger partial charge is 0.484 e. The summed E-state index contributed by atoms with van der Waals surface area (Å²) in [6, 6.07) is 16.6. The van der Waals surface area contributed by atoms with Gasteiger partial charge in [0.15, 0.2) is 6.61 Å². The van der Waals surface area contributed by atoms with Crippen LogP contribution in [0.15, 0.2) is 59.1 Å². The van der Waals surface area contributed by atoms with Gasteiger partial charge in [-0.3, -0.25) is 4.79 Å². The molecule has 3 aromatic rings. The summed E-state index contributed by atoms with van der Waals surface area (Å²) >= 11 is 0. The quantitative estimate of drug-likeness (QED) is 0.745. The van der Waals surface area contributed by atoms with Gasteiger partial charge in [-0.1, -0.05) is 35.5 Å². The highest BCUT2D eigenvalue weighted by atomic mass is 16.5. The Kier molecular flexibility index (Phi) is 5.09. The van der Waals surface area contributed by atoms with E-state index in [2.05, 4.69) is 15.5 Å². The second-order valence-corrected chi connectivity index (χ2v) is 5.82. The first-order valence-corrected chi connectivity index (χ1v) is 8.03. The van der Waals surface area contributed by atoms with Crippen molar-refractivity contribution in [1.82, 2.24) is 15.5 Å². The summed E-state index contributed by atoms with van der Waals surface area (Å²) in [7, 11) is 0. The van der Waals surface area contributed by atoms with E-state index in [9.17, 15) is 4.79 Å². The second-order valence-electron chi connectivity index (χ2n) is 5.82. The number of nitrogens with one attached hydrogen (secondary N) is 1. The second kappa shape index (κ2) is 7.61. The molecule has 0 saturated carbocycles. The van der Waals surface area contributed by atoms with Crippen molar-refractivity contribution in [2.24, 2.45) is 0 Å². The number of amides is 1. The van der Waals surface area contributed by atoms with Gasteiger partial charge in [0, 0.05) is 17.2 Å². The van der Waals surface area contributed by atoms with Crippen LogP contribution in [0.4, 0.5) is 0 Å². The lowest BCUT2D eigenvalue weighted by atomic mass is 10.1. The molecule has 0 aliphatic heterocycles. The summed E-state index contributed by atoms with van der Waals surface area (Å²) in [4.78, 5) is 16.4. The van der Waals surface area contributed by atoms with Crippen LogP contribution in [0.2, 0.25) is 0 Å². The van der Waals surface area contributed by atoms with E-state index in [0.29, 0.717) is 22.8 Å². The number of carbonyl (C=O) groups excluding carboxylic acids is 1. The Bertz CT molecular complexity index is 844. The Morgan fingerprint density at radius 1 is 1.16 bits per heavy atom. The van der Waals surface area contributed by atoms with Crippen LogP contribution < -0.4 is 10.1 Å². The van der Waals surface area contributed by atoms with Gasteiger partial charge in [0.2, 0.25) is 5.82 Å². The minimum Gasteiger partial charge on any atom is -0.484 e. The molecular weight excluding hydrogens is 318 g/mol. The highest BCUT2D eigenvalue weighted by Crippen LogP contribution is 2.18. The number of rotatable bonds is 6. The molecular formula is C19H19N3O3. The lowest BCUT2D eigenvalue weighted by Crippen LogP contribution is -2.30. The average Bonchev–Trinajstić information content (AvgIpc) is 3.09. The molecule has 0 spiro atoms. The van der Waals surface area contributed by atoms with Crippen molar-refractivity contribution in [3.05, 3.63) is 66.1 Å². The Balaban J connectivity index is 1.70. The maximum Gasteiger partial charge on any atom is 0.264 e. The molecule has 1 amide bonds. The van der Waals surface area contributed by atoms with Gasteiger partial charge in [-0.15, -0.1) is 0 Å². The SMILES string of the molecule is CC(C)NC(=O)c1cccc(-c2noc(COc3ccccc3)n2)c1. The molecule has 0 saturated heterocycles. The first kappa shape index (κ1) is 16.7. The standard InChI is InChI=1S/C19H19N3O3/c1-13(2)20-19(23)15-8-6-7-14(11-15)18-21-17(25-22-18)12-24-16-9-4-3-5-10-16/h3-11,13H,12H2,1-2H3,(H,20,23). The number of carbonyl (C=O) groups is 1. The molecule has 6 heteroatoms. The van der Waals surface area contributed by atoms with Crippen molar-refractivity contribution in [2.75, 3.05) is 0 Å². The summed E-state index contributed by atoms with van der Waals surface area (Å²) in [5, 5.41) is 6.82. The number of nitrogens with zero attached hydrogens (tertiary/aromatic N) is 2. The first-order valence-electron chi connectivity index (χ1n) is 8.03. The zero-order valence-electron chi connectivity index (χ0n) is 14.1. The van der Waals surface area contributed by atoms with E-state index in [1.54, 1.807) is 18.2 Å². The molecule has 128 valence electrons. The molecule has 0 aliphatic rings. The fraction of sp³-hybridized carbons (Fsp3) is 0.211. The van der Waals surface area contributed by atoms with Crippen molar-refractivity contribution in [2.45, 2.75) is 26.5 Å². The summed E-state index contributed by atoms with van der Waals surface area (Å²) in [5.41, 5.74) is 1.27. The molecule has 0 fully saturated rings. The number of benzene rings is 2. The van der Waals surface area contributed by atoms with Crippen molar-refractivity contribution in [3.8, 4) is 17.1 Å². The molecule has 1 heterocycles. The molecule has 0 radical (unpaired) electrons. The van der Waals surface area contributed by atoms with E-state index in [4.69, 9.17) is 9.26 Å². The molecule has 25 heavy (non-hydrogen) atoms. The third-order valence-corrected chi connectivity index (χ3v) is 3.38. The fourth-order valence-electron chi connectivity index (χ4n) is 2.24. The summed E-state index contributed by atoms with van der Waals surface area (Å²) < 4.78 is 10.8. The van der Waals surface area contributed by atoms with E-state index in [0.717, 1.165) is 5.75 Å². The molecule has 1 N–H and O–H groups in total. The van der Waals surface area contributed by atoms with Crippen LogP contribution in [-0.4, -0.2) is 22.1 Å². The smallest absolute Gasteiger partial charge is 0.264 e. The maximum atomic E-state index is 12.1. The monoisotopic (exact) mass is 337 g/mol. The minimum absolute atomic E-state index is 0.0723. The zero-order valence-corrected chi connectivity index (χ0v) is 14.1. The molecule has 2 aromatic carbocycles. The maximum absolute atomic E-state index is 12.1. The van der Waals surface area contributed by atoms with Crippen LogP contribution in [0.5, 0.6) is 5.75 Å². The van der Waals surface area contributed by atoms with Gasteiger partial charge < -0.3 is 14.6 Å². The highest BCUT2D eigenvalue weighted by molar-refractivity contribution is 5.95. The summed E-state index contributed by atoms with van der Waals surface area (Å²) in [6.07, 6.45) is 0. The van der Waals surface area contributed by atoms with Gasteiger partial charge in [0.25, 0.3) is 11.8 Å². The van der Waals surface area contributed by atoms with Gasteiger partial charge in [-0.25, -0.2) is 0 Å². The predicted molar refractivity (Wildman–Crippen MR) is 93.1 cm³/mol. The van der Waals surface area contributed by atoms with Crippen LogP contribution in [-0.2, 0) is 6.61 Å². The van der Waals surface area contributed by atoms with Crippen LogP contribution >= 0.6 is 0 Å². The van der Waals surface area contributed by atoms with Crippen molar-refractivity contribution in [1.29, 1.82) is 0 Å². The molecule has 6 nitrogen and oxygen atoms in total. The molecule has 1 aromatic heterocycles. The van der Waals surface area contributed by atoms with Gasteiger partial charge in [0.1, 0.15) is 5.75 Å². The van der Waals surface area contributed by atoms with Gasteiger partial charge in [-0.2, -0.15) is 4.98 Å². The zero-order chi connectivity index (χ0) is 17.6. The molecule has 0 atom stereocenters. The fourth-order valence-corrected chi connectivity index (χ4v) is 2.24. The molecule has 0 bridgehead atoms. The van der Waals surface area contributed by atoms with Crippen LogP contribution in [0, 0.1) is 0 Å².